The van der Waals surface area contributed by atoms with Crippen molar-refractivity contribution in [2.45, 2.75) is 45.4 Å². The molecule has 0 radical (unpaired) electrons. The van der Waals surface area contributed by atoms with Crippen LogP contribution in [-0.2, 0) is 6.42 Å². The molecule has 1 N–H and O–H groups in total. The number of hydrogen-bond donors (Lipinski definition) is 1. The van der Waals surface area contributed by atoms with E-state index in [1.54, 1.807) is 6.07 Å². The van der Waals surface area contributed by atoms with E-state index in [2.05, 4.69) is 31.6 Å². The Kier molecular flexibility index (Phi) is 7.91. The molecule has 21 heavy (non-hydrogen) atoms. The minimum absolute atomic E-state index is 0.145. The number of benzene rings is 2. The summed E-state index contributed by atoms with van der Waals surface area (Å²) in [7, 11) is 0. The van der Waals surface area contributed by atoms with Crippen molar-refractivity contribution in [2.24, 2.45) is 0 Å². The van der Waals surface area contributed by atoms with Gasteiger partial charge in [-0.05, 0) is 54.6 Å². The van der Waals surface area contributed by atoms with Crippen LogP contribution in [0.25, 0.3) is 0 Å². The zero-order valence-corrected chi connectivity index (χ0v) is 14.1. The molecule has 3 heteroatoms. The van der Waals surface area contributed by atoms with Gasteiger partial charge in [-0.3, -0.25) is 0 Å². The van der Waals surface area contributed by atoms with Gasteiger partial charge in [0.15, 0.2) is 0 Å². The highest BCUT2D eigenvalue weighted by molar-refractivity contribution is 8.00. The van der Waals surface area contributed by atoms with Crippen molar-refractivity contribution in [3.8, 4) is 0 Å². The summed E-state index contributed by atoms with van der Waals surface area (Å²) in [5, 5.41) is 0. The molecule has 0 aliphatic heterocycles. The van der Waals surface area contributed by atoms with Crippen molar-refractivity contribution in [2.75, 3.05) is 4.72 Å². The number of nitrogens with one attached hydrogen (secondary N) is 1. The van der Waals surface area contributed by atoms with Crippen LogP contribution in [0.4, 0.5) is 10.1 Å². The maximum absolute atomic E-state index is 13.6. The summed E-state index contributed by atoms with van der Waals surface area (Å²) >= 11 is 1.51. The van der Waals surface area contributed by atoms with Gasteiger partial charge in [-0.2, -0.15) is 0 Å². The van der Waals surface area contributed by atoms with E-state index in [1.807, 2.05) is 37.3 Å². The summed E-state index contributed by atoms with van der Waals surface area (Å²) in [6.45, 7) is 8.26. The molecule has 2 aromatic carbocycles. The van der Waals surface area contributed by atoms with Crippen LogP contribution >= 0.6 is 11.9 Å². The molecule has 0 atom stereocenters. The molecule has 0 bridgehead atoms. The van der Waals surface area contributed by atoms with Gasteiger partial charge < -0.3 is 4.72 Å². The molecular weight excluding hydrogens is 281 g/mol. The van der Waals surface area contributed by atoms with Gasteiger partial charge in [-0.1, -0.05) is 51.5 Å². The first-order valence-electron chi connectivity index (χ1n) is 7.39. The van der Waals surface area contributed by atoms with Crippen LogP contribution in [-0.4, -0.2) is 0 Å². The quantitative estimate of drug-likeness (QED) is 0.672. The first kappa shape index (κ1) is 17.6. The molecule has 0 unspecified atom stereocenters. The normalized spacial score (nSPS) is 9.76. The average Bonchev–Trinajstić information content (AvgIpc) is 2.47. The van der Waals surface area contributed by atoms with Gasteiger partial charge in [0.05, 0.1) is 0 Å². The molecule has 0 fully saturated rings. The standard InChI is InChI=1S/C15H16FNS.C3H8/c1-3-12-8-9-13(10-14(12)16)17-18-15-7-5-4-6-11(15)2;1-3-2/h4-10,17H,3H2,1-2H3;3H2,1-2H3. The van der Waals surface area contributed by atoms with E-state index in [0.717, 1.165) is 22.6 Å². The summed E-state index contributed by atoms with van der Waals surface area (Å²) in [4.78, 5) is 1.15. The fraction of sp³-hybridized carbons (Fsp3) is 0.333. The molecule has 0 aromatic heterocycles. The molecular formula is C18H24FNS. The second kappa shape index (κ2) is 9.46. The van der Waals surface area contributed by atoms with E-state index in [-0.39, 0.29) is 5.82 Å². The maximum atomic E-state index is 13.6. The third-order valence-corrected chi connectivity index (χ3v) is 3.82. The second-order valence-electron chi connectivity index (χ2n) is 4.84. The van der Waals surface area contributed by atoms with Gasteiger partial charge in [-0.25, -0.2) is 4.39 Å². The SMILES string of the molecule is CCC.CCc1ccc(NSc2ccccc2C)cc1F. The monoisotopic (exact) mass is 305 g/mol. The highest BCUT2D eigenvalue weighted by Gasteiger charge is 2.03. The van der Waals surface area contributed by atoms with Crippen molar-refractivity contribution < 1.29 is 4.39 Å². The Balaban J connectivity index is 0.000000677. The summed E-state index contributed by atoms with van der Waals surface area (Å²) in [6, 6.07) is 13.4. The Hall–Kier alpha value is -1.48. The predicted octanol–water partition coefficient (Wildman–Crippen LogP) is 6.23. The Morgan fingerprint density at radius 1 is 1.05 bits per heavy atom. The number of hydrogen-bond acceptors (Lipinski definition) is 2. The van der Waals surface area contributed by atoms with E-state index < -0.39 is 0 Å². The minimum Gasteiger partial charge on any atom is -0.326 e. The number of anilines is 1. The maximum Gasteiger partial charge on any atom is 0.128 e. The van der Waals surface area contributed by atoms with E-state index in [4.69, 9.17) is 0 Å². The fourth-order valence-corrected chi connectivity index (χ4v) is 2.41. The number of aryl methyl sites for hydroxylation is 2. The predicted molar refractivity (Wildman–Crippen MR) is 92.4 cm³/mol. The molecule has 2 aromatic rings. The van der Waals surface area contributed by atoms with Crippen LogP contribution in [0.3, 0.4) is 0 Å². The zero-order chi connectivity index (χ0) is 15.7. The third-order valence-electron chi connectivity index (χ3n) is 2.81. The summed E-state index contributed by atoms with van der Waals surface area (Å²) in [6.07, 6.45) is 1.97. The first-order chi connectivity index (χ1) is 10.1. The van der Waals surface area contributed by atoms with Crippen LogP contribution < -0.4 is 4.72 Å². The van der Waals surface area contributed by atoms with Crippen molar-refractivity contribution >= 4 is 17.6 Å². The van der Waals surface area contributed by atoms with Gasteiger partial charge in [0.2, 0.25) is 0 Å². The Morgan fingerprint density at radius 2 is 1.71 bits per heavy atom. The van der Waals surface area contributed by atoms with E-state index >= 15 is 0 Å². The highest BCUT2D eigenvalue weighted by atomic mass is 32.2. The minimum atomic E-state index is -0.145. The first-order valence-corrected chi connectivity index (χ1v) is 8.20. The topological polar surface area (TPSA) is 12.0 Å². The van der Waals surface area contributed by atoms with Crippen molar-refractivity contribution in [1.29, 1.82) is 0 Å². The van der Waals surface area contributed by atoms with Gasteiger partial charge in [0, 0.05) is 10.6 Å². The molecule has 0 amide bonds. The van der Waals surface area contributed by atoms with Gasteiger partial charge >= 0.3 is 0 Å². The number of rotatable bonds is 4. The highest BCUT2D eigenvalue weighted by Crippen LogP contribution is 2.25. The Labute approximate surface area is 132 Å². The average molecular weight is 305 g/mol. The molecule has 1 nitrogen and oxygen atoms in total. The molecule has 0 spiro atoms. The van der Waals surface area contributed by atoms with Crippen molar-refractivity contribution in [1.82, 2.24) is 0 Å². The van der Waals surface area contributed by atoms with E-state index in [9.17, 15) is 4.39 Å². The Morgan fingerprint density at radius 3 is 2.29 bits per heavy atom. The molecule has 2 rings (SSSR count). The molecule has 0 saturated carbocycles. The zero-order valence-electron chi connectivity index (χ0n) is 13.2. The smallest absolute Gasteiger partial charge is 0.128 e. The fourth-order valence-electron chi connectivity index (χ4n) is 1.68. The lowest BCUT2D eigenvalue weighted by molar-refractivity contribution is 0.613. The lowest BCUT2D eigenvalue weighted by Gasteiger charge is -2.08. The lowest BCUT2D eigenvalue weighted by atomic mass is 10.1. The molecule has 0 aliphatic rings. The van der Waals surface area contributed by atoms with E-state index in [1.165, 1.54) is 23.9 Å². The molecule has 0 aliphatic carbocycles. The summed E-state index contributed by atoms with van der Waals surface area (Å²) in [5.74, 6) is -0.145. The largest absolute Gasteiger partial charge is 0.326 e. The lowest BCUT2D eigenvalue weighted by Crippen LogP contribution is -1.92. The van der Waals surface area contributed by atoms with Gasteiger partial charge in [-0.15, -0.1) is 0 Å². The summed E-state index contributed by atoms with van der Waals surface area (Å²) in [5.41, 5.74) is 2.75. The van der Waals surface area contributed by atoms with Crippen molar-refractivity contribution in [3.05, 3.63) is 59.4 Å². The van der Waals surface area contributed by atoms with Gasteiger partial charge in [0.25, 0.3) is 0 Å². The number of halogens is 1. The van der Waals surface area contributed by atoms with Crippen LogP contribution in [0.1, 0.15) is 38.3 Å². The third kappa shape index (κ3) is 5.80. The molecule has 0 saturated heterocycles. The van der Waals surface area contributed by atoms with Crippen LogP contribution in [0.2, 0.25) is 0 Å². The second-order valence-corrected chi connectivity index (χ2v) is 5.68. The van der Waals surface area contributed by atoms with Gasteiger partial charge in [0.1, 0.15) is 5.82 Å². The van der Waals surface area contributed by atoms with E-state index in [0.29, 0.717) is 0 Å². The van der Waals surface area contributed by atoms with Crippen molar-refractivity contribution in [3.63, 3.8) is 0 Å². The Bertz CT molecular complexity index is 555. The van der Waals surface area contributed by atoms with Crippen LogP contribution in [0.15, 0.2) is 47.4 Å². The molecule has 114 valence electrons. The van der Waals surface area contributed by atoms with Crippen LogP contribution in [0, 0.1) is 12.7 Å². The summed E-state index contributed by atoms with van der Waals surface area (Å²) < 4.78 is 16.8. The van der Waals surface area contributed by atoms with Crippen LogP contribution in [0.5, 0.6) is 0 Å². The molecule has 0 heterocycles.